The van der Waals surface area contributed by atoms with Crippen molar-refractivity contribution >= 4 is 34.9 Å². The number of rotatable bonds is 6. The Morgan fingerprint density at radius 3 is 2.63 bits per heavy atom. The first kappa shape index (κ1) is 18.3. The van der Waals surface area contributed by atoms with Crippen molar-refractivity contribution in [1.29, 1.82) is 0 Å². The Balaban J connectivity index is 1.77. The molecule has 0 aliphatic rings. The molecule has 0 amide bonds. The number of nitrogens with two attached hydrogens (primary N) is 1. The van der Waals surface area contributed by atoms with Gasteiger partial charge in [0.15, 0.2) is 11.6 Å². The quantitative estimate of drug-likeness (QED) is 0.485. The van der Waals surface area contributed by atoms with Crippen molar-refractivity contribution in [3.8, 4) is 5.75 Å². The summed E-state index contributed by atoms with van der Waals surface area (Å²) in [7, 11) is 0. The lowest BCUT2D eigenvalue weighted by atomic mass is 10.2. The van der Waals surface area contributed by atoms with Crippen molar-refractivity contribution in [3.63, 3.8) is 0 Å². The molecule has 0 aliphatic carbocycles. The number of nitrogens with zero attached hydrogens (tertiary/aromatic N) is 4. The summed E-state index contributed by atoms with van der Waals surface area (Å²) in [5.74, 6) is 0.525. The van der Waals surface area contributed by atoms with Gasteiger partial charge < -0.3 is 15.8 Å². The molecule has 0 bridgehead atoms. The number of anilines is 3. The zero-order valence-corrected chi connectivity index (χ0v) is 15.0. The fourth-order valence-electron chi connectivity index (χ4n) is 2.22. The first-order chi connectivity index (χ1) is 12.9. The fraction of sp³-hybridized carbons (Fsp3) is 0.118. The van der Waals surface area contributed by atoms with E-state index in [1.165, 1.54) is 18.2 Å². The van der Waals surface area contributed by atoms with Gasteiger partial charge in [0.25, 0.3) is 0 Å². The second-order valence-electron chi connectivity index (χ2n) is 5.58. The van der Waals surface area contributed by atoms with Crippen LogP contribution < -0.4 is 15.8 Å². The van der Waals surface area contributed by atoms with E-state index in [0.29, 0.717) is 0 Å². The molecule has 27 heavy (non-hydrogen) atoms. The molecule has 0 radical (unpaired) electrons. The molecule has 0 spiro atoms. The lowest BCUT2D eigenvalue weighted by molar-refractivity contribution is -0.385. The second kappa shape index (κ2) is 7.83. The topological polar surface area (TPSA) is 129 Å². The van der Waals surface area contributed by atoms with E-state index in [0.717, 1.165) is 11.3 Å². The minimum atomic E-state index is -0.576. The van der Waals surface area contributed by atoms with E-state index in [-0.39, 0.29) is 40.8 Å². The van der Waals surface area contributed by atoms with E-state index in [2.05, 4.69) is 20.3 Å². The van der Waals surface area contributed by atoms with Gasteiger partial charge in [0, 0.05) is 16.8 Å². The highest BCUT2D eigenvalue weighted by atomic mass is 35.5. The summed E-state index contributed by atoms with van der Waals surface area (Å²) in [4.78, 5) is 22.8. The molecule has 3 N–H and O–H groups in total. The van der Waals surface area contributed by atoms with Gasteiger partial charge >= 0.3 is 5.69 Å². The van der Waals surface area contributed by atoms with Crippen molar-refractivity contribution in [2.75, 3.05) is 11.1 Å². The molecule has 0 saturated carbocycles. The lowest BCUT2D eigenvalue weighted by Crippen LogP contribution is -2.09. The van der Waals surface area contributed by atoms with Gasteiger partial charge in [-0.3, -0.25) is 10.1 Å². The number of benzene rings is 2. The van der Waals surface area contributed by atoms with E-state index in [4.69, 9.17) is 22.1 Å². The van der Waals surface area contributed by atoms with Crippen LogP contribution in [0.15, 0.2) is 42.5 Å². The number of hydrogen-bond acceptors (Lipinski definition) is 8. The van der Waals surface area contributed by atoms with Crippen molar-refractivity contribution in [1.82, 2.24) is 15.0 Å². The van der Waals surface area contributed by atoms with E-state index < -0.39 is 4.92 Å². The number of nitrogens with one attached hydrogen (secondary N) is 1. The average molecular weight is 387 g/mol. The van der Waals surface area contributed by atoms with Gasteiger partial charge in [-0.2, -0.15) is 15.0 Å². The van der Waals surface area contributed by atoms with E-state index in [1.807, 2.05) is 31.2 Å². The van der Waals surface area contributed by atoms with Crippen molar-refractivity contribution in [2.45, 2.75) is 13.5 Å². The second-order valence-corrected chi connectivity index (χ2v) is 6.02. The maximum Gasteiger partial charge on any atom is 0.312 e. The molecule has 1 heterocycles. The number of nitro groups is 1. The zero-order chi connectivity index (χ0) is 19.4. The largest absolute Gasteiger partial charge is 0.479 e. The summed E-state index contributed by atoms with van der Waals surface area (Å²) < 4.78 is 5.48. The van der Waals surface area contributed by atoms with Crippen LogP contribution in [-0.4, -0.2) is 19.9 Å². The van der Waals surface area contributed by atoms with Gasteiger partial charge in [-0.05, 0) is 31.2 Å². The van der Waals surface area contributed by atoms with Gasteiger partial charge in [-0.1, -0.05) is 29.3 Å². The number of ether oxygens (including phenoxy) is 1. The SMILES string of the molecule is Cc1ccc(Nc2nc(N)nc(COc3ccc(Cl)cc3[N+](=O)[O-])n2)cc1. The molecule has 0 unspecified atom stereocenters. The van der Waals surface area contributed by atoms with E-state index in [9.17, 15) is 10.1 Å². The third-order valence-corrected chi connectivity index (χ3v) is 3.72. The molecule has 0 atom stereocenters. The van der Waals surface area contributed by atoms with Gasteiger partial charge in [0.2, 0.25) is 11.9 Å². The number of aryl methyl sites for hydroxylation is 1. The maximum atomic E-state index is 11.1. The van der Waals surface area contributed by atoms with Crippen LogP contribution in [0.3, 0.4) is 0 Å². The van der Waals surface area contributed by atoms with Crippen molar-refractivity contribution < 1.29 is 9.66 Å². The normalized spacial score (nSPS) is 10.4. The molecular weight excluding hydrogens is 372 g/mol. The van der Waals surface area contributed by atoms with Crippen LogP contribution >= 0.6 is 11.6 Å². The van der Waals surface area contributed by atoms with Gasteiger partial charge in [0.1, 0.15) is 6.61 Å². The molecule has 3 rings (SSSR count). The van der Waals surface area contributed by atoms with Crippen molar-refractivity contribution in [3.05, 3.63) is 69.0 Å². The molecule has 0 saturated heterocycles. The first-order valence-electron chi connectivity index (χ1n) is 7.81. The Labute approximate surface area is 159 Å². The van der Waals surface area contributed by atoms with Crippen molar-refractivity contribution in [2.24, 2.45) is 0 Å². The van der Waals surface area contributed by atoms with Crippen LogP contribution in [-0.2, 0) is 6.61 Å². The summed E-state index contributed by atoms with van der Waals surface area (Å²) in [6.07, 6.45) is 0. The minimum absolute atomic E-state index is 0.00353. The highest BCUT2D eigenvalue weighted by Gasteiger charge is 2.16. The van der Waals surface area contributed by atoms with E-state index >= 15 is 0 Å². The Kier molecular flexibility index (Phi) is 5.32. The Bertz CT molecular complexity index is 981. The number of halogens is 1. The smallest absolute Gasteiger partial charge is 0.312 e. The molecule has 0 aliphatic heterocycles. The highest BCUT2D eigenvalue weighted by molar-refractivity contribution is 6.30. The Morgan fingerprint density at radius 1 is 1.19 bits per heavy atom. The minimum Gasteiger partial charge on any atom is -0.479 e. The first-order valence-corrected chi connectivity index (χ1v) is 8.19. The molecule has 3 aromatic rings. The Morgan fingerprint density at radius 2 is 1.93 bits per heavy atom. The predicted molar refractivity (Wildman–Crippen MR) is 101 cm³/mol. The fourth-order valence-corrected chi connectivity index (χ4v) is 2.39. The molecule has 10 heteroatoms. The predicted octanol–water partition coefficient (Wildman–Crippen LogP) is 3.65. The highest BCUT2D eigenvalue weighted by Crippen LogP contribution is 2.30. The summed E-state index contributed by atoms with van der Waals surface area (Å²) in [5, 5.41) is 14.4. The molecule has 1 aromatic heterocycles. The number of nitro benzene ring substituents is 1. The summed E-state index contributed by atoms with van der Waals surface area (Å²) >= 11 is 5.79. The molecule has 9 nitrogen and oxygen atoms in total. The molecule has 2 aromatic carbocycles. The average Bonchev–Trinajstić information content (AvgIpc) is 2.62. The van der Waals surface area contributed by atoms with Crippen LogP contribution in [0.25, 0.3) is 0 Å². The van der Waals surface area contributed by atoms with Crippen LogP contribution in [0.1, 0.15) is 11.4 Å². The standard InChI is InChI=1S/C17H15ClN6O3/c1-10-2-5-12(6-3-10)20-17-22-15(21-16(19)23-17)9-27-14-7-4-11(18)8-13(14)24(25)26/h2-8H,9H2,1H3,(H3,19,20,21,22,23). The van der Waals surface area contributed by atoms with Crippen LogP contribution in [0.2, 0.25) is 5.02 Å². The lowest BCUT2D eigenvalue weighted by Gasteiger charge is -2.09. The van der Waals surface area contributed by atoms with Gasteiger partial charge in [-0.25, -0.2) is 0 Å². The zero-order valence-electron chi connectivity index (χ0n) is 14.2. The summed E-state index contributed by atoms with van der Waals surface area (Å²) in [5.41, 5.74) is 7.38. The van der Waals surface area contributed by atoms with E-state index in [1.54, 1.807) is 0 Å². The number of nitrogen functional groups attached to an aromatic ring is 1. The number of aromatic nitrogens is 3. The van der Waals surface area contributed by atoms with Crippen LogP contribution in [0, 0.1) is 17.0 Å². The molecule has 0 fully saturated rings. The third-order valence-electron chi connectivity index (χ3n) is 3.48. The third kappa shape index (κ3) is 4.79. The molecule has 138 valence electrons. The summed E-state index contributed by atoms with van der Waals surface area (Å²) in [6, 6.07) is 11.8. The maximum absolute atomic E-state index is 11.1. The van der Waals surface area contributed by atoms with Gasteiger partial charge in [0.05, 0.1) is 4.92 Å². The van der Waals surface area contributed by atoms with Crippen LogP contribution in [0.5, 0.6) is 5.75 Å². The van der Waals surface area contributed by atoms with Crippen LogP contribution in [0.4, 0.5) is 23.3 Å². The monoisotopic (exact) mass is 386 g/mol. The molecular formula is C17H15ClN6O3. The van der Waals surface area contributed by atoms with Gasteiger partial charge in [-0.15, -0.1) is 0 Å². The Hall–Kier alpha value is -3.46. The summed E-state index contributed by atoms with van der Waals surface area (Å²) in [6.45, 7) is 1.86. The number of hydrogen-bond donors (Lipinski definition) is 2.